The van der Waals surface area contributed by atoms with Gasteiger partial charge in [-0.25, -0.2) is 0 Å². The van der Waals surface area contributed by atoms with Crippen molar-refractivity contribution in [3.63, 3.8) is 0 Å². The van der Waals surface area contributed by atoms with E-state index in [0.29, 0.717) is 0 Å². The van der Waals surface area contributed by atoms with Gasteiger partial charge in [-0.2, -0.15) is 0 Å². The second-order valence-electron chi connectivity index (χ2n) is 13.3. The molecule has 2 nitrogen and oxygen atoms in total. The molecule has 0 bridgehead atoms. The predicted octanol–water partition coefficient (Wildman–Crippen LogP) is 12.8. The van der Waals surface area contributed by atoms with Gasteiger partial charge in [0.05, 0.1) is 11.1 Å². The van der Waals surface area contributed by atoms with E-state index in [1.807, 2.05) is 6.07 Å². The van der Waals surface area contributed by atoms with Crippen LogP contribution in [0.2, 0.25) is 0 Å². The van der Waals surface area contributed by atoms with Gasteiger partial charge in [-0.15, -0.1) is 0 Å². The zero-order valence-electron chi connectivity index (χ0n) is 26.3. The summed E-state index contributed by atoms with van der Waals surface area (Å²) in [4.78, 5) is 2.44. The van der Waals surface area contributed by atoms with Crippen LogP contribution < -0.4 is 4.90 Å². The number of hydrogen-bond acceptors (Lipinski definition) is 2. The molecule has 9 aromatic rings. The summed E-state index contributed by atoms with van der Waals surface area (Å²) in [6, 6.07) is 55.3. The average molecular weight is 602 g/mol. The summed E-state index contributed by atoms with van der Waals surface area (Å²) in [5.41, 5.74) is 10.4. The first-order valence-electron chi connectivity index (χ1n) is 16.4. The van der Waals surface area contributed by atoms with Crippen LogP contribution in [0.25, 0.3) is 65.4 Å². The van der Waals surface area contributed by atoms with E-state index in [-0.39, 0.29) is 5.41 Å². The summed E-state index contributed by atoms with van der Waals surface area (Å²) in [6.07, 6.45) is 0. The van der Waals surface area contributed by atoms with Crippen LogP contribution in [0.15, 0.2) is 156 Å². The van der Waals surface area contributed by atoms with Crippen LogP contribution in [0.3, 0.4) is 0 Å². The van der Waals surface area contributed by atoms with Crippen LogP contribution in [0.1, 0.15) is 25.0 Å². The molecule has 2 heteroatoms. The third kappa shape index (κ3) is 3.67. The second-order valence-corrected chi connectivity index (χ2v) is 13.3. The summed E-state index contributed by atoms with van der Waals surface area (Å²) in [6.45, 7) is 4.70. The SMILES string of the molecule is CC1(C)c2ccccc2-c2ccc(N(c3ccc4c5ccccc5c5ccccc5c4c3)c3cccc4oc5ccccc5c34)cc21. The van der Waals surface area contributed by atoms with E-state index in [9.17, 15) is 0 Å². The minimum absolute atomic E-state index is 0.111. The minimum Gasteiger partial charge on any atom is -0.456 e. The maximum atomic E-state index is 6.41. The molecule has 0 aliphatic heterocycles. The number of benzene rings is 8. The fraction of sp³-hybridized carbons (Fsp3) is 0.0667. The Bertz CT molecular complexity index is 2690. The number of nitrogens with zero attached hydrogens (tertiary/aromatic N) is 1. The summed E-state index contributed by atoms with van der Waals surface area (Å²) < 4.78 is 6.41. The quantitative estimate of drug-likeness (QED) is 0.187. The van der Waals surface area contributed by atoms with Gasteiger partial charge in [0.2, 0.25) is 0 Å². The third-order valence-corrected chi connectivity index (χ3v) is 10.4. The Morgan fingerprint density at radius 2 is 0.979 bits per heavy atom. The van der Waals surface area contributed by atoms with Crippen molar-refractivity contribution >= 4 is 71.3 Å². The van der Waals surface area contributed by atoms with Gasteiger partial charge in [0.1, 0.15) is 11.2 Å². The van der Waals surface area contributed by atoms with Gasteiger partial charge in [0, 0.05) is 22.2 Å². The van der Waals surface area contributed by atoms with Gasteiger partial charge >= 0.3 is 0 Å². The van der Waals surface area contributed by atoms with Gasteiger partial charge in [0.25, 0.3) is 0 Å². The molecule has 222 valence electrons. The lowest BCUT2D eigenvalue weighted by Gasteiger charge is -2.29. The Kier molecular flexibility index (Phi) is 5.37. The number of anilines is 3. The Hall–Kier alpha value is -5.86. The molecule has 0 saturated carbocycles. The lowest BCUT2D eigenvalue weighted by atomic mass is 9.82. The molecule has 1 aliphatic carbocycles. The highest BCUT2D eigenvalue weighted by Crippen LogP contribution is 2.52. The Labute approximate surface area is 273 Å². The van der Waals surface area contributed by atoms with Crippen LogP contribution in [-0.2, 0) is 5.41 Å². The lowest BCUT2D eigenvalue weighted by Crippen LogP contribution is -2.16. The van der Waals surface area contributed by atoms with E-state index in [1.165, 1.54) is 54.6 Å². The van der Waals surface area contributed by atoms with Crippen LogP contribution in [0, 0.1) is 0 Å². The minimum atomic E-state index is -0.111. The van der Waals surface area contributed by atoms with E-state index in [4.69, 9.17) is 4.42 Å². The molecule has 1 aliphatic rings. The average Bonchev–Trinajstić information content (AvgIpc) is 3.61. The van der Waals surface area contributed by atoms with Crippen molar-refractivity contribution in [1.82, 2.24) is 0 Å². The first-order valence-corrected chi connectivity index (χ1v) is 16.4. The number of hydrogen-bond donors (Lipinski definition) is 0. The highest BCUT2D eigenvalue weighted by molar-refractivity contribution is 6.26. The molecule has 0 N–H and O–H groups in total. The van der Waals surface area contributed by atoms with E-state index in [2.05, 4.69) is 164 Å². The second kappa shape index (κ2) is 9.57. The predicted molar refractivity (Wildman–Crippen MR) is 198 cm³/mol. The number of rotatable bonds is 3. The van der Waals surface area contributed by atoms with Gasteiger partial charge in [-0.1, -0.05) is 123 Å². The molecular formula is C45H31NO. The van der Waals surface area contributed by atoms with Gasteiger partial charge in [0.15, 0.2) is 0 Å². The Balaban J connectivity index is 1.29. The van der Waals surface area contributed by atoms with E-state index in [0.717, 1.165) is 39.0 Å². The largest absolute Gasteiger partial charge is 0.456 e. The molecule has 8 aromatic carbocycles. The molecule has 10 rings (SSSR count). The summed E-state index contributed by atoms with van der Waals surface area (Å²) in [7, 11) is 0. The first kappa shape index (κ1) is 26.4. The Morgan fingerprint density at radius 3 is 1.74 bits per heavy atom. The lowest BCUT2D eigenvalue weighted by molar-refractivity contribution is 0.660. The molecule has 1 heterocycles. The normalized spacial score (nSPS) is 13.5. The van der Waals surface area contributed by atoms with Gasteiger partial charge in [-0.3, -0.25) is 0 Å². The smallest absolute Gasteiger partial charge is 0.137 e. The van der Waals surface area contributed by atoms with Crippen molar-refractivity contribution in [2.24, 2.45) is 0 Å². The number of para-hydroxylation sites is 1. The highest BCUT2D eigenvalue weighted by atomic mass is 16.3. The molecule has 0 unspecified atom stereocenters. The molecule has 0 fully saturated rings. The summed E-state index contributed by atoms with van der Waals surface area (Å²) in [5, 5.41) is 9.86. The summed E-state index contributed by atoms with van der Waals surface area (Å²) >= 11 is 0. The molecule has 0 atom stereocenters. The van der Waals surface area contributed by atoms with E-state index in [1.54, 1.807) is 0 Å². The van der Waals surface area contributed by atoms with Crippen LogP contribution in [0.4, 0.5) is 17.1 Å². The maximum absolute atomic E-state index is 6.41. The topological polar surface area (TPSA) is 16.4 Å². The van der Waals surface area contributed by atoms with Gasteiger partial charge < -0.3 is 9.32 Å². The van der Waals surface area contributed by atoms with Crippen molar-refractivity contribution in [1.29, 1.82) is 0 Å². The number of furan rings is 1. The number of fused-ring (bicyclic) bond motifs is 12. The first-order chi connectivity index (χ1) is 23.1. The molecule has 0 amide bonds. The monoisotopic (exact) mass is 601 g/mol. The van der Waals surface area contributed by atoms with E-state index >= 15 is 0 Å². The zero-order valence-corrected chi connectivity index (χ0v) is 26.3. The van der Waals surface area contributed by atoms with Crippen molar-refractivity contribution < 1.29 is 4.42 Å². The van der Waals surface area contributed by atoms with Crippen LogP contribution in [-0.4, -0.2) is 0 Å². The van der Waals surface area contributed by atoms with Crippen molar-refractivity contribution in [2.75, 3.05) is 4.90 Å². The molecule has 0 saturated heterocycles. The summed E-state index contributed by atoms with van der Waals surface area (Å²) in [5.74, 6) is 0. The molecule has 47 heavy (non-hydrogen) atoms. The highest BCUT2D eigenvalue weighted by Gasteiger charge is 2.36. The van der Waals surface area contributed by atoms with Crippen molar-refractivity contribution in [2.45, 2.75) is 19.3 Å². The fourth-order valence-electron chi connectivity index (χ4n) is 8.24. The van der Waals surface area contributed by atoms with Crippen LogP contribution in [0.5, 0.6) is 0 Å². The zero-order chi connectivity index (χ0) is 31.3. The molecule has 1 aromatic heterocycles. The third-order valence-electron chi connectivity index (χ3n) is 10.4. The molecular weight excluding hydrogens is 571 g/mol. The van der Waals surface area contributed by atoms with Gasteiger partial charge in [-0.05, 0) is 97.0 Å². The fourth-order valence-corrected chi connectivity index (χ4v) is 8.24. The molecule has 0 spiro atoms. The standard InChI is InChI=1S/C45H31NO/c1-45(2)39-18-9-7-16-35(39)36-25-23-29(27-40(36)45)46(41-19-11-21-43-44(41)37-17-8-10-20-42(37)47-43)28-22-24-34-32-14-4-3-12-30(32)31-13-5-6-15-33(31)38(34)26-28/h3-27H,1-2H3. The molecule has 0 radical (unpaired) electrons. The van der Waals surface area contributed by atoms with Crippen molar-refractivity contribution in [3.8, 4) is 11.1 Å². The maximum Gasteiger partial charge on any atom is 0.137 e. The van der Waals surface area contributed by atoms with Crippen molar-refractivity contribution in [3.05, 3.63) is 163 Å². The Morgan fingerprint density at radius 1 is 0.426 bits per heavy atom. The van der Waals surface area contributed by atoms with E-state index < -0.39 is 0 Å². The van der Waals surface area contributed by atoms with Crippen LogP contribution >= 0.6 is 0 Å².